The Morgan fingerprint density at radius 1 is 1.03 bits per heavy atom. The summed E-state index contributed by atoms with van der Waals surface area (Å²) in [6, 6.07) is 15.6. The number of carbonyl (C=O) groups excluding carboxylic acids is 1. The highest BCUT2D eigenvalue weighted by Gasteiger charge is 2.24. The minimum Gasteiger partial charge on any atom is -0.383 e. The van der Waals surface area contributed by atoms with Gasteiger partial charge in [-0.15, -0.1) is 12.4 Å². The van der Waals surface area contributed by atoms with Crippen molar-refractivity contribution in [1.82, 2.24) is 15.2 Å². The highest BCUT2D eigenvalue weighted by molar-refractivity contribution is 7.86. The van der Waals surface area contributed by atoms with E-state index in [-0.39, 0.29) is 24.4 Å². The zero-order chi connectivity index (χ0) is 26.7. The first-order valence-corrected chi connectivity index (χ1v) is 15.5. The molecular weight excluding hydrogens is 534 g/mol. The maximum absolute atomic E-state index is 13.1. The minimum atomic E-state index is -3.52. The molecule has 1 amide bonds. The summed E-state index contributed by atoms with van der Waals surface area (Å²) in [5.74, 6) is 1.09. The number of nitrogens with one attached hydrogen (secondary N) is 1. The van der Waals surface area contributed by atoms with Crippen molar-refractivity contribution < 1.29 is 17.4 Å². The lowest BCUT2D eigenvalue weighted by Gasteiger charge is -2.31. The van der Waals surface area contributed by atoms with Crippen LogP contribution in [0.5, 0.6) is 5.75 Å². The highest BCUT2D eigenvalue weighted by Crippen LogP contribution is 2.29. The predicted octanol–water partition coefficient (Wildman–Crippen LogP) is 5.08. The largest absolute Gasteiger partial charge is 0.383 e. The summed E-state index contributed by atoms with van der Waals surface area (Å²) in [5.41, 5.74) is 4.98. The lowest BCUT2D eigenvalue weighted by molar-refractivity contribution is 0.0921. The number of benzene rings is 2. The van der Waals surface area contributed by atoms with Gasteiger partial charge in [-0.25, -0.2) is 0 Å². The Labute approximate surface area is 237 Å². The molecule has 210 valence electrons. The fraction of sp³-hybridized carbons (Fsp3) is 0.467. The van der Waals surface area contributed by atoms with Crippen LogP contribution in [-0.2, 0) is 23.0 Å². The third-order valence-electron chi connectivity index (χ3n) is 7.97. The summed E-state index contributed by atoms with van der Waals surface area (Å²) in [6.45, 7) is 5.03. The highest BCUT2D eigenvalue weighted by atomic mass is 35.5. The second kappa shape index (κ2) is 12.7. The number of halogens is 1. The lowest BCUT2D eigenvalue weighted by Crippen LogP contribution is -2.38. The summed E-state index contributed by atoms with van der Waals surface area (Å²) in [4.78, 5) is 20.1. The number of carbonyl (C=O) groups is 1. The number of amides is 1. The third kappa shape index (κ3) is 7.71. The van der Waals surface area contributed by atoms with E-state index < -0.39 is 10.1 Å². The molecule has 1 aromatic heterocycles. The molecule has 7 nitrogen and oxygen atoms in total. The molecule has 1 aliphatic heterocycles. The molecular formula is C30H38ClN3O4S. The van der Waals surface area contributed by atoms with Gasteiger partial charge in [0, 0.05) is 35.8 Å². The first kappa shape index (κ1) is 29.3. The molecule has 1 saturated carbocycles. The van der Waals surface area contributed by atoms with Gasteiger partial charge < -0.3 is 14.4 Å². The number of fused-ring (bicyclic) bond motifs is 2. The van der Waals surface area contributed by atoms with Crippen molar-refractivity contribution in [3.8, 4) is 5.75 Å². The Balaban J connectivity index is 0.00000353. The molecule has 0 radical (unpaired) electrons. The molecule has 9 heteroatoms. The maximum atomic E-state index is 13.1. The Kier molecular flexibility index (Phi) is 9.51. The third-order valence-corrected chi connectivity index (χ3v) is 8.47. The van der Waals surface area contributed by atoms with E-state index in [1.54, 1.807) is 6.07 Å². The van der Waals surface area contributed by atoms with Crippen LogP contribution in [0.2, 0.25) is 0 Å². The summed E-state index contributed by atoms with van der Waals surface area (Å²) in [6.07, 6.45) is 8.44. The molecule has 0 bridgehead atoms. The molecule has 3 aromatic rings. The summed E-state index contributed by atoms with van der Waals surface area (Å²) in [7, 11) is -3.52. The quantitative estimate of drug-likeness (QED) is 0.398. The van der Waals surface area contributed by atoms with Crippen molar-refractivity contribution in [3.05, 3.63) is 70.9 Å². The van der Waals surface area contributed by atoms with Crippen molar-refractivity contribution in [3.63, 3.8) is 0 Å². The van der Waals surface area contributed by atoms with Crippen molar-refractivity contribution >= 4 is 39.3 Å². The fourth-order valence-corrected chi connectivity index (χ4v) is 6.33. The maximum Gasteiger partial charge on any atom is 0.306 e. The standard InChI is InChI=1S/C30H37N3O4S.ClH/c1-21-6-13-27-28(4-3-5-29(27)31-21)30(34)32-25-10-7-22(8-11-25)14-17-33-18-15-23-9-12-26(37-38(2,35)36)20-24(23)16-19-33;/h3-6,9,12-13,20,22,25H,7-8,10-11,14-19H2,1-2H3,(H,32,34);1H. The molecule has 2 heterocycles. The molecule has 1 aliphatic carbocycles. The van der Waals surface area contributed by atoms with Gasteiger partial charge in [0.15, 0.2) is 0 Å². The summed E-state index contributed by atoms with van der Waals surface area (Å²) in [5, 5.41) is 4.19. The molecule has 39 heavy (non-hydrogen) atoms. The van der Waals surface area contributed by atoms with Gasteiger partial charge in [-0.05, 0) is 106 Å². The lowest BCUT2D eigenvalue weighted by atomic mass is 9.84. The van der Waals surface area contributed by atoms with Gasteiger partial charge in [-0.1, -0.05) is 18.2 Å². The second-order valence-corrected chi connectivity index (χ2v) is 12.4. The molecule has 0 spiro atoms. The van der Waals surface area contributed by atoms with E-state index in [0.29, 0.717) is 17.2 Å². The average Bonchev–Trinajstić information content (AvgIpc) is 3.08. The normalized spacial score (nSPS) is 19.9. The number of nitrogens with zero attached hydrogens (tertiary/aromatic N) is 2. The van der Waals surface area contributed by atoms with Crippen LogP contribution in [0.4, 0.5) is 0 Å². The predicted molar refractivity (Wildman–Crippen MR) is 157 cm³/mol. The zero-order valence-electron chi connectivity index (χ0n) is 22.7. The topological polar surface area (TPSA) is 88.6 Å². The van der Waals surface area contributed by atoms with Crippen molar-refractivity contribution in [2.75, 3.05) is 25.9 Å². The van der Waals surface area contributed by atoms with Crippen molar-refractivity contribution in [2.45, 2.75) is 57.9 Å². The number of rotatable bonds is 7. The number of aromatic nitrogens is 1. The molecule has 0 atom stereocenters. The first-order valence-electron chi connectivity index (χ1n) is 13.6. The number of hydrogen-bond donors (Lipinski definition) is 1. The minimum absolute atomic E-state index is 0. The van der Waals surface area contributed by atoms with E-state index in [4.69, 9.17) is 4.18 Å². The summed E-state index contributed by atoms with van der Waals surface area (Å²) >= 11 is 0. The Morgan fingerprint density at radius 3 is 2.51 bits per heavy atom. The molecule has 5 rings (SSSR count). The average molecular weight is 572 g/mol. The van der Waals surface area contributed by atoms with E-state index in [0.717, 1.165) is 81.0 Å². The van der Waals surface area contributed by atoms with Gasteiger partial charge >= 0.3 is 10.1 Å². The van der Waals surface area contributed by atoms with Gasteiger partial charge in [0.05, 0.1) is 11.8 Å². The van der Waals surface area contributed by atoms with Crippen LogP contribution < -0.4 is 9.50 Å². The van der Waals surface area contributed by atoms with Crippen LogP contribution in [-0.4, -0.2) is 56.1 Å². The van der Waals surface area contributed by atoms with Crippen molar-refractivity contribution in [2.24, 2.45) is 5.92 Å². The molecule has 2 aliphatic rings. The van der Waals surface area contributed by atoms with Crippen LogP contribution in [0.15, 0.2) is 48.5 Å². The Morgan fingerprint density at radius 2 is 1.77 bits per heavy atom. The van der Waals surface area contributed by atoms with Crippen molar-refractivity contribution in [1.29, 1.82) is 0 Å². The van der Waals surface area contributed by atoms with E-state index in [1.165, 1.54) is 17.5 Å². The van der Waals surface area contributed by atoms with Gasteiger partial charge in [-0.3, -0.25) is 9.78 Å². The van der Waals surface area contributed by atoms with E-state index >= 15 is 0 Å². The van der Waals surface area contributed by atoms with Gasteiger partial charge in [-0.2, -0.15) is 8.42 Å². The summed E-state index contributed by atoms with van der Waals surface area (Å²) < 4.78 is 28.0. The monoisotopic (exact) mass is 571 g/mol. The van der Waals surface area contributed by atoms with Crippen LogP contribution >= 0.6 is 12.4 Å². The van der Waals surface area contributed by atoms with E-state index in [9.17, 15) is 13.2 Å². The molecule has 0 saturated heterocycles. The van der Waals surface area contributed by atoms with Crippen LogP contribution in [0.3, 0.4) is 0 Å². The van der Waals surface area contributed by atoms with Crippen LogP contribution in [0.25, 0.3) is 10.9 Å². The van der Waals surface area contributed by atoms with Crippen LogP contribution in [0.1, 0.15) is 59.3 Å². The Bertz CT molecular complexity index is 1420. The second-order valence-electron chi connectivity index (χ2n) is 10.9. The smallest absolute Gasteiger partial charge is 0.306 e. The van der Waals surface area contributed by atoms with Gasteiger partial charge in [0.2, 0.25) is 0 Å². The molecule has 1 N–H and O–H groups in total. The molecule has 1 fully saturated rings. The number of pyridine rings is 1. The number of hydrogen-bond acceptors (Lipinski definition) is 6. The Hall–Kier alpha value is -2.68. The first-order chi connectivity index (χ1) is 18.2. The van der Waals surface area contributed by atoms with Crippen LogP contribution in [0, 0.1) is 12.8 Å². The van der Waals surface area contributed by atoms with Gasteiger partial charge in [0.1, 0.15) is 5.75 Å². The fourth-order valence-electron chi connectivity index (χ4n) is 5.88. The number of aryl methyl sites for hydroxylation is 1. The van der Waals surface area contributed by atoms with E-state index in [1.807, 2.05) is 49.4 Å². The molecule has 0 unspecified atom stereocenters. The van der Waals surface area contributed by atoms with Gasteiger partial charge in [0.25, 0.3) is 5.91 Å². The molecule has 2 aromatic carbocycles. The SMILES string of the molecule is Cc1ccc2c(C(=O)NC3CCC(CCN4CCc5ccc(OS(C)(=O)=O)cc5CC4)CC3)cccc2n1.Cl. The van der Waals surface area contributed by atoms with E-state index in [2.05, 4.69) is 15.2 Å². The zero-order valence-corrected chi connectivity index (χ0v) is 24.3.